The number of rotatable bonds is 8. The van der Waals surface area contributed by atoms with E-state index in [2.05, 4.69) is 0 Å². The van der Waals surface area contributed by atoms with E-state index in [1.807, 2.05) is 0 Å². The molecule has 2 aliphatic carbocycles. The van der Waals surface area contributed by atoms with Gasteiger partial charge in [-0.3, -0.25) is 9.59 Å². The van der Waals surface area contributed by atoms with Gasteiger partial charge in [0.15, 0.2) is 11.6 Å². The third-order valence-electron chi connectivity index (χ3n) is 7.64. The summed E-state index contributed by atoms with van der Waals surface area (Å²) in [6.45, 7) is 5.06. The highest BCUT2D eigenvalue weighted by Gasteiger charge is 2.54. The van der Waals surface area contributed by atoms with E-state index in [4.69, 9.17) is 4.74 Å². The zero-order valence-corrected chi connectivity index (χ0v) is 21.2. The minimum Gasteiger partial charge on any atom is -0.511 e. The predicted octanol–water partition coefficient (Wildman–Crippen LogP) is 7.73. The molecule has 202 valence electrons. The van der Waals surface area contributed by atoms with Crippen molar-refractivity contribution in [3.8, 4) is 11.5 Å². The van der Waals surface area contributed by atoms with Gasteiger partial charge in [-0.1, -0.05) is 26.8 Å². The Balaban J connectivity index is 1.66. The highest BCUT2D eigenvalue weighted by molar-refractivity contribution is 6.25. The van der Waals surface area contributed by atoms with Crippen molar-refractivity contribution < 1.29 is 42.1 Å². The summed E-state index contributed by atoms with van der Waals surface area (Å²) >= 11 is 0. The largest absolute Gasteiger partial charge is 0.511 e. The number of hydrogen-bond donors (Lipinski definition) is 2. The van der Waals surface area contributed by atoms with Crippen molar-refractivity contribution >= 4 is 11.6 Å². The number of carbonyl (C=O) groups excluding carboxylic acids is 2. The molecule has 9 heteroatoms. The number of hydrogen-bond acceptors (Lipinski definition) is 5. The molecule has 2 unspecified atom stereocenters. The van der Waals surface area contributed by atoms with E-state index >= 15 is 0 Å². The molecule has 2 atom stereocenters. The Bertz CT molecular complexity index is 1330. The summed E-state index contributed by atoms with van der Waals surface area (Å²) in [7, 11) is 0. The fourth-order valence-electron chi connectivity index (χ4n) is 5.30. The molecule has 4 rings (SSSR count). The van der Waals surface area contributed by atoms with E-state index in [-0.39, 0.29) is 54.1 Å². The molecule has 2 aromatic rings. The summed E-state index contributed by atoms with van der Waals surface area (Å²) < 4.78 is 60.7. The normalized spacial score (nSPS) is 21.1. The number of aliphatic hydroxyl groups is 2. The van der Waals surface area contributed by atoms with E-state index in [1.165, 1.54) is 24.3 Å². The van der Waals surface area contributed by atoms with Crippen molar-refractivity contribution in [2.24, 2.45) is 11.3 Å². The van der Waals surface area contributed by atoms with E-state index < -0.39 is 57.7 Å². The van der Waals surface area contributed by atoms with Crippen LogP contribution in [0.5, 0.6) is 11.5 Å². The van der Waals surface area contributed by atoms with Crippen molar-refractivity contribution in [3.63, 3.8) is 0 Å². The molecule has 2 aliphatic rings. The summed E-state index contributed by atoms with van der Waals surface area (Å²) in [6, 6.07) is 8.23. The molecule has 1 fully saturated rings. The first-order valence-electron chi connectivity index (χ1n) is 12.5. The van der Waals surface area contributed by atoms with Gasteiger partial charge in [0.1, 0.15) is 34.4 Å². The average Bonchev–Trinajstić information content (AvgIpc) is 3.67. The number of aliphatic hydroxyl groups excluding tert-OH is 2. The molecule has 2 N–H and O–H groups in total. The first-order chi connectivity index (χ1) is 17.9. The highest BCUT2D eigenvalue weighted by Crippen LogP contribution is 2.55. The SMILES string of the molecule is CCC1=C(O)C(CC)(CC)C(=O)C(C(=O)C2CC2c2ccc(Oc3ccc(F)cc3)cc2C(F)(F)F)=C1O. The molecule has 2 aromatic carbocycles. The van der Waals surface area contributed by atoms with Gasteiger partial charge in [-0.15, -0.1) is 0 Å². The quantitative estimate of drug-likeness (QED) is 0.268. The van der Waals surface area contributed by atoms with E-state index in [0.29, 0.717) is 0 Å². The Labute approximate surface area is 217 Å². The van der Waals surface area contributed by atoms with Crippen LogP contribution in [-0.2, 0) is 15.8 Å². The molecule has 0 heterocycles. The summed E-state index contributed by atoms with van der Waals surface area (Å²) in [4.78, 5) is 26.9. The predicted molar refractivity (Wildman–Crippen MR) is 131 cm³/mol. The number of alkyl halides is 3. The Morgan fingerprint density at radius 2 is 1.63 bits per heavy atom. The molecule has 0 aliphatic heterocycles. The van der Waals surface area contributed by atoms with Crippen LogP contribution in [0.25, 0.3) is 0 Å². The average molecular weight is 533 g/mol. The van der Waals surface area contributed by atoms with Gasteiger partial charge < -0.3 is 14.9 Å². The Morgan fingerprint density at radius 3 is 2.18 bits per heavy atom. The lowest BCUT2D eigenvalue weighted by Gasteiger charge is -2.35. The first-order valence-corrected chi connectivity index (χ1v) is 12.5. The Morgan fingerprint density at radius 1 is 1.03 bits per heavy atom. The van der Waals surface area contributed by atoms with Crippen LogP contribution < -0.4 is 4.74 Å². The molecule has 38 heavy (non-hydrogen) atoms. The number of ether oxygens (including phenoxy) is 1. The van der Waals surface area contributed by atoms with Crippen LogP contribution in [0.15, 0.2) is 65.1 Å². The lowest BCUT2D eigenvalue weighted by Crippen LogP contribution is -2.40. The molecule has 5 nitrogen and oxygen atoms in total. The zero-order chi connectivity index (χ0) is 28.0. The molecule has 0 aromatic heterocycles. The number of Topliss-reactive ketones (excluding diaryl/α,β-unsaturated/α-hetero) is 2. The number of allylic oxidation sites excluding steroid dienone is 3. The summed E-state index contributed by atoms with van der Waals surface area (Å²) in [6.07, 6.45) is -4.11. The van der Waals surface area contributed by atoms with Crippen LogP contribution in [-0.4, -0.2) is 21.8 Å². The van der Waals surface area contributed by atoms with E-state index in [0.717, 1.165) is 18.2 Å². The zero-order valence-electron chi connectivity index (χ0n) is 21.2. The van der Waals surface area contributed by atoms with Crippen LogP contribution in [0.4, 0.5) is 17.6 Å². The molecule has 0 saturated heterocycles. The summed E-state index contributed by atoms with van der Waals surface area (Å²) in [5.41, 5.74) is -2.79. The van der Waals surface area contributed by atoms with E-state index in [1.54, 1.807) is 20.8 Å². The van der Waals surface area contributed by atoms with Gasteiger partial charge in [0.2, 0.25) is 0 Å². The van der Waals surface area contributed by atoms with Crippen molar-refractivity contribution in [2.75, 3.05) is 0 Å². The number of carbonyl (C=O) groups is 2. The van der Waals surface area contributed by atoms with Gasteiger partial charge in [0.05, 0.1) is 11.0 Å². The molecular weight excluding hydrogens is 504 g/mol. The van der Waals surface area contributed by atoms with Gasteiger partial charge in [-0.05, 0) is 73.6 Å². The monoisotopic (exact) mass is 532 g/mol. The smallest absolute Gasteiger partial charge is 0.416 e. The second-order valence-electron chi connectivity index (χ2n) is 9.64. The Hall–Kier alpha value is -3.62. The van der Waals surface area contributed by atoms with Crippen molar-refractivity contribution in [1.82, 2.24) is 0 Å². The molecule has 1 saturated carbocycles. The fourth-order valence-corrected chi connectivity index (χ4v) is 5.30. The Kier molecular flexibility index (Phi) is 7.16. The van der Waals surface area contributed by atoms with Crippen LogP contribution in [0.3, 0.4) is 0 Å². The van der Waals surface area contributed by atoms with Gasteiger partial charge in [0, 0.05) is 11.5 Å². The maximum atomic E-state index is 14.0. The van der Waals surface area contributed by atoms with Gasteiger partial charge in [0.25, 0.3) is 0 Å². The third kappa shape index (κ3) is 4.59. The molecule has 0 spiro atoms. The molecular formula is C29H28F4O5. The lowest BCUT2D eigenvalue weighted by molar-refractivity contribution is -0.138. The lowest BCUT2D eigenvalue weighted by atomic mass is 9.67. The number of benzene rings is 2. The second kappa shape index (κ2) is 9.93. The van der Waals surface area contributed by atoms with Gasteiger partial charge in [-0.2, -0.15) is 13.2 Å². The summed E-state index contributed by atoms with van der Waals surface area (Å²) in [5.74, 6) is -4.48. The van der Waals surface area contributed by atoms with Crippen LogP contribution in [0, 0.1) is 17.2 Å². The standard InChI is InChI=1S/C29H28F4O5/c1-4-18-24(34)23(27(37)28(5-2,6-3)26(18)36)25(35)21-14-20(21)19-12-11-17(13-22(19)29(31,32)33)38-16-9-7-15(30)8-10-16/h7-13,20-21,34,36H,4-6,14H2,1-3H3. The molecule has 0 amide bonds. The molecule has 0 bridgehead atoms. The topological polar surface area (TPSA) is 83.8 Å². The fraction of sp³-hybridized carbons (Fsp3) is 0.379. The maximum Gasteiger partial charge on any atom is 0.416 e. The van der Waals surface area contributed by atoms with Gasteiger partial charge in [-0.25, -0.2) is 4.39 Å². The first kappa shape index (κ1) is 27.4. The molecule has 0 radical (unpaired) electrons. The van der Waals surface area contributed by atoms with Crippen LogP contribution >= 0.6 is 0 Å². The van der Waals surface area contributed by atoms with Gasteiger partial charge >= 0.3 is 6.18 Å². The number of halogens is 4. The minimum absolute atomic E-state index is 0.0759. The second-order valence-corrected chi connectivity index (χ2v) is 9.64. The maximum absolute atomic E-state index is 14.0. The van der Waals surface area contributed by atoms with Crippen LogP contribution in [0.2, 0.25) is 0 Å². The van der Waals surface area contributed by atoms with Crippen molar-refractivity contribution in [3.05, 3.63) is 82.1 Å². The third-order valence-corrected chi connectivity index (χ3v) is 7.64. The summed E-state index contributed by atoms with van der Waals surface area (Å²) in [5, 5.41) is 21.5. The van der Waals surface area contributed by atoms with Crippen molar-refractivity contribution in [1.29, 1.82) is 0 Å². The van der Waals surface area contributed by atoms with Crippen LogP contribution in [0.1, 0.15) is 63.5 Å². The minimum atomic E-state index is -4.75. The van der Waals surface area contributed by atoms with Crippen molar-refractivity contribution in [2.45, 2.75) is 58.5 Å². The number of ketones is 2. The van der Waals surface area contributed by atoms with E-state index in [9.17, 15) is 37.4 Å². The highest BCUT2D eigenvalue weighted by atomic mass is 19.4.